The molecule has 1 aromatic rings. The normalized spacial score (nSPS) is 21.6. The SMILES string of the molecule is O=C(NC1CC1)[C@@H](NC1CCCCCCC1)c1ccccc1. The van der Waals surface area contributed by atoms with E-state index in [1.54, 1.807) is 0 Å². The van der Waals surface area contributed by atoms with Crippen LogP contribution in [0.2, 0.25) is 0 Å². The van der Waals surface area contributed by atoms with Crippen molar-refractivity contribution in [1.29, 1.82) is 0 Å². The van der Waals surface area contributed by atoms with Gasteiger partial charge in [0, 0.05) is 12.1 Å². The molecule has 0 spiro atoms. The van der Waals surface area contributed by atoms with E-state index in [2.05, 4.69) is 22.8 Å². The molecule has 2 aliphatic carbocycles. The summed E-state index contributed by atoms with van der Waals surface area (Å²) in [5.74, 6) is 0.149. The summed E-state index contributed by atoms with van der Waals surface area (Å²) < 4.78 is 0. The molecule has 2 aliphatic rings. The second-order valence-corrected chi connectivity index (χ2v) is 6.84. The Labute approximate surface area is 133 Å². The van der Waals surface area contributed by atoms with E-state index in [0.29, 0.717) is 12.1 Å². The summed E-state index contributed by atoms with van der Waals surface area (Å²) in [5.41, 5.74) is 1.09. The zero-order valence-corrected chi connectivity index (χ0v) is 13.4. The van der Waals surface area contributed by atoms with Crippen LogP contribution in [0.5, 0.6) is 0 Å². The van der Waals surface area contributed by atoms with Gasteiger partial charge in [-0.1, -0.05) is 62.4 Å². The van der Waals surface area contributed by atoms with Crippen LogP contribution in [-0.2, 0) is 4.79 Å². The van der Waals surface area contributed by atoms with Crippen LogP contribution in [0.15, 0.2) is 30.3 Å². The molecule has 3 nitrogen and oxygen atoms in total. The average molecular weight is 300 g/mol. The monoisotopic (exact) mass is 300 g/mol. The van der Waals surface area contributed by atoms with Gasteiger partial charge in [0.05, 0.1) is 0 Å². The molecule has 0 aromatic heterocycles. The van der Waals surface area contributed by atoms with Crippen LogP contribution in [0, 0.1) is 0 Å². The fraction of sp³-hybridized carbons (Fsp3) is 0.632. The van der Waals surface area contributed by atoms with Crippen molar-refractivity contribution in [3.05, 3.63) is 35.9 Å². The van der Waals surface area contributed by atoms with Gasteiger partial charge in [-0.25, -0.2) is 0 Å². The lowest BCUT2D eigenvalue weighted by atomic mass is 9.95. The van der Waals surface area contributed by atoms with Crippen LogP contribution in [-0.4, -0.2) is 18.0 Å². The topological polar surface area (TPSA) is 41.1 Å². The summed E-state index contributed by atoms with van der Waals surface area (Å²) in [6, 6.07) is 10.9. The molecule has 120 valence electrons. The molecule has 1 amide bonds. The predicted molar refractivity (Wildman–Crippen MR) is 89.6 cm³/mol. The summed E-state index contributed by atoms with van der Waals surface area (Å²) in [6.07, 6.45) is 11.3. The maximum atomic E-state index is 12.6. The van der Waals surface area contributed by atoms with Crippen molar-refractivity contribution in [2.45, 2.75) is 75.9 Å². The van der Waals surface area contributed by atoms with Gasteiger partial charge in [0.2, 0.25) is 5.91 Å². The van der Waals surface area contributed by atoms with Gasteiger partial charge in [0.15, 0.2) is 0 Å². The van der Waals surface area contributed by atoms with E-state index in [4.69, 9.17) is 0 Å². The van der Waals surface area contributed by atoms with E-state index in [1.807, 2.05) is 18.2 Å². The van der Waals surface area contributed by atoms with E-state index in [0.717, 1.165) is 18.4 Å². The van der Waals surface area contributed by atoms with E-state index in [1.165, 1.54) is 44.9 Å². The minimum absolute atomic E-state index is 0.149. The summed E-state index contributed by atoms with van der Waals surface area (Å²) >= 11 is 0. The molecule has 2 N–H and O–H groups in total. The van der Waals surface area contributed by atoms with Crippen molar-refractivity contribution in [2.75, 3.05) is 0 Å². The number of carbonyl (C=O) groups excluding carboxylic acids is 1. The Morgan fingerprint density at radius 1 is 0.864 bits per heavy atom. The van der Waals surface area contributed by atoms with Crippen molar-refractivity contribution in [2.24, 2.45) is 0 Å². The van der Waals surface area contributed by atoms with Gasteiger partial charge in [0.1, 0.15) is 6.04 Å². The zero-order chi connectivity index (χ0) is 15.2. The smallest absolute Gasteiger partial charge is 0.241 e. The van der Waals surface area contributed by atoms with Crippen molar-refractivity contribution < 1.29 is 4.79 Å². The second kappa shape index (κ2) is 7.77. The molecule has 0 heterocycles. The lowest BCUT2D eigenvalue weighted by molar-refractivity contribution is -0.123. The Morgan fingerprint density at radius 2 is 1.50 bits per heavy atom. The standard InChI is InChI=1S/C19H28N2O/c22-19(21-17-13-14-17)18(15-9-5-4-6-10-15)20-16-11-7-2-1-3-8-12-16/h4-6,9-10,16-18,20H,1-3,7-8,11-14H2,(H,21,22)/t18-/m0/s1. The molecule has 2 fully saturated rings. The molecule has 2 saturated carbocycles. The quantitative estimate of drug-likeness (QED) is 0.870. The van der Waals surface area contributed by atoms with Gasteiger partial charge in [-0.05, 0) is 31.2 Å². The first-order valence-corrected chi connectivity index (χ1v) is 8.94. The molecule has 1 aromatic carbocycles. The van der Waals surface area contributed by atoms with Crippen LogP contribution in [0.4, 0.5) is 0 Å². The van der Waals surface area contributed by atoms with Crippen molar-refractivity contribution >= 4 is 5.91 Å². The lowest BCUT2D eigenvalue weighted by Crippen LogP contribution is -2.43. The van der Waals surface area contributed by atoms with Crippen LogP contribution in [0.1, 0.15) is 69.4 Å². The fourth-order valence-electron chi connectivity index (χ4n) is 3.34. The fourth-order valence-corrected chi connectivity index (χ4v) is 3.34. The largest absolute Gasteiger partial charge is 0.352 e. The maximum absolute atomic E-state index is 12.6. The molecule has 0 radical (unpaired) electrons. The average Bonchev–Trinajstić information content (AvgIpc) is 3.31. The maximum Gasteiger partial charge on any atom is 0.241 e. The molecule has 3 rings (SSSR count). The first-order valence-electron chi connectivity index (χ1n) is 8.94. The van der Waals surface area contributed by atoms with Gasteiger partial charge >= 0.3 is 0 Å². The molecule has 22 heavy (non-hydrogen) atoms. The molecule has 3 heteroatoms. The molecular weight excluding hydrogens is 272 g/mol. The highest BCUT2D eigenvalue weighted by atomic mass is 16.2. The van der Waals surface area contributed by atoms with E-state index < -0.39 is 0 Å². The first-order chi connectivity index (χ1) is 10.8. The molecule has 0 bridgehead atoms. The second-order valence-electron chi connectivity index (χ2n) is 6.84. The van der Waals surface area contributed by atoms with E-state index >= 15 is 0 Å². The van der Waals surface area contributed by atoms with Crippen LogP contribution in [0.25, 0.3) is 0 Å². The number of hydrogen-bond acceptors (Lipinski definition) is 2. The van der Waals surface area contributed by atoms with Crippen molar-refractivity contribution in [3.8, 4) is 0 Å². The number of benzene rings is 1. The van der Waals surface area contributed by atoms with E-state index in [9.17, 15) is 4.79 Å². The Morgan fingerprint density at radius 3 is 2.14 bits per heavy atom. The van der Waals surface area contributed by atoms with Crippen molar-refractivity contribution in [1.82, 2.24) is 10.6 Å². The minimum atomic E-state index is -0.203. The Hall–Kier alpha value is -1.35. The van der Waals surface area contributed by atoms with Gasteiger partial charge in [-0.15, -0.1) is 0 Å². The van der Waals surface area contributed by atoms with E-state index in [-0.39, 0.29) is 11.9 Å². The molecular formula is C19H28N2O. The number of amides is 1. The highest BCUT2D eigenvalue weighted by molar-refractivity contribution is 5.83. The highest BCUT2D eigenvalue weighted by Crippen LogP contribution is 2.24. The van der Waals surface area contributed by atoms with Crippen LogP contribution >= 0.6 is 0 Å². The third-order valence-electron chi connectivity index (χ3n) is 4.83. The van der Waals surface area contributed by atoms with Gasteiger partial charge in [0.25, 0.3) is 0 Å². The molecule has 0 saturated heterocycles. The Kier molecular flexibility index (Phi) is 5.49. The zero-order valence-electron chi connectivity index (χ0n) is 13.4. The third kappa shape index (κ3) is 4.57. The molecule has 1 atom stereocenters. The number of hydrogen-bond donors (Lipinski definition) is 2. The highest BCUT2D eigenvalue weighted by Gasteiger charge is 2.29. The summed E-state index contributed by atoms with van der Waals surface area (Å²) in [6.45, 7) is 0. The van der Waals surface area contributed by atoms with Gasteiger partial charge in [-0.3, -0.25) is 10.1 Å². The minimum Gasteiger partial charge on any atom is -0.352 e. The van der Waals surface area contributed by atoms with Gasteiger partial charge in [-0.2, -0.15) is 0 Å². The Balaban J connectivity index is 1.67. The number of nitrogens with one attached hydrogen (secondary N) is 2. The Bertz CT molecular complexity index is 462. The van der Waals surface area contributed by atoms with Crippen LogP contribution in [0.3, 0.4) is 0 Å². The lowest BCUT2D eigenvalue weighted by Gasteiger charge is -2.27. The summed E-state index contributed by atoms with van der Waals surface area (Å²) in [4.78, 5) is 12.6. The third-order valence-corrected chi connectivity index (χ3v) is 4.83. The van der Waals surface area contributed by atoms with Crippen LogP contribution < -0.4 is 10.6 Å². The van der Waals surface area contributed by atoms with Gasteiger partial charge < -0.3 is 5.32 Å². The first kappa shape index (κ1) is 15.5. The number of rotatable bonds is 5. The summed E-state index contributed by atoms with van der Waals surface area (Å²) in [7, 11) is 0. The predicted octanol–water partition coefficient (Wildman–Crippen LogP) is 3.71. The summed E-state index contributed by atoms with van der Waals surface area (Å²) in [5, 5.41) is 6.83. The number of carbonyl (C=O) groups is 1. The molecule has 0 unspecified atom stereocenters. The molecule has 0 aliphatic heterocycles. The van der Waals surface area contributed by atoms with Crippen molar-refractivity contribution in [3.63, 3.8) is 0 Å².